The van der Waals surface area contributed by atoms with Crippen molar-refractivity contribution < 1.29 is 4.79 Å². The van der Waals surface area contributed by atoms with Crippen LogP contribution in [0.4, 0.5) is 0 Å². The molecule has 0 saturated carbocycles. The lowest BCUT2D eigenvalue weighted by Gasteiger charge is -2.26. The maximum atomic E-state index is 11.6. The van der Waals surface area contributed by atoms with Gasteiger partial charge in [-0.2, -0.15) is 0 Å². The summed E-state index contributed by atoms with van der Waals surface area (Å²) in [7, 11) is 0. The minimum absolute atomic E-state index is 0.272. The number of carbonyl (C=O) groups is 1. The quantitative estimate of drug-likeness (QED) is 0.772. The fraction of sp³-hybridized carbons (Fsp3) is 0.455. The maximum absolute atomic E-state index is 11.6. The molecule has 3 nitrogen and oxygen atoms in total. The molecule has 1 aliphatic heterocycles. The Morgan fingerprint density at radius 1 is 1.47 bits per heavy atom. The van der Waals surface area contributed by atoms with E-state index in [4.69, 9.17) is 0 Å². The van der Waals surface area contributed by atoms with Gasteiger partial charge in [0.25, 0.3) is 0 Å². The molecule has 2 heterocycles. The van der Waals surface area contributed by atoms with Gasteiger partial charge in [0.1, 0.15) is 4.60 Å². The van der Waals surface area contributed by atoms with Crippen molar-refractivity contribution in [2.45, 2.75) is 25.8 Å². The van der Waals surface area contributed by atoms with Crippen LogP contribution < -0.4 is 0 Å². The molecule has 1 aliphatic rings. The fourth-order valence-electron chi connectivity index (χ4n) is 1.79. The third-order valence-corrected chi connectivity index (χ3v) is 3.02. The second-order valence-corrected chi connectivity index (χ2v) is 4.57. The zero-order valence-corrected chi connectivity index (χ0v) is 10.0. The predicted octanol–water partition coefficient (Wildman–Crippen LogP) is 2.36. The zero-order valence-electron chi connectivity index (χ0n) is 8.45. The molecule has 1 amide bonds. The molecule has 4 heteroatoms. The van der Waals surface area contributed by atoms with E-state index in [1.807, 2.05) is 17.0 Å². The van der Waals surface area contributed by atoms with Crippen LogP contribution in [0.5, 0.6) is 0 Å². The SMILES string of the molecule is O=C1CCCCN1Cc1ccnc(Br)c1. The average molecular weight is 269 g/mol. The molecule has 0 atom stereocenters. The van der Waals surface area contributed by atoms with Gasteiger partial charge >= 0.3 is 0 Å². The first-order valence-corrected chi connectivity index (χ1v) is 5.93. The number of aromatic nitrogens is 1. The number of rotatable bonds is 2. The molecule has 1 aromatic heterocycles. The van der Waals surface area contributed by atoms with E-state index in [9.17, 15) is 4.79 Å². The monoisotopic (exact) mass is 268 g/mol. The van der Waals surface area contributed by atoms with Gasteiger partial charge < -0.3 is 4.90 Å². The largest absolute Gasteiger partial charge is 0.338 e. The van der Waals surface area contributed by atoms with E-state index in [1.165, 1.54) is 0 Å². The Morgan fingerprint density at radius 2 is 2.33 bits per heavy atom. The highest BCUT2D eigenvalue weighted by Gasteiger charge is 2.17. The molecule has 15 heavy (non-hydrogen) atoms. The van der Waals surface area contributed by atoms with Crippen LogP contribution in [0.2, 0.25) is 0 Å². The van der Waals surface area contributed by atoms with Gasteiger partial charge in [-0.1, -0.05) is 0 Å². The molecule has 1 aromatic rings. The van der Waals surface area contributed by atoms with E-state index in [0.717, 1.165) is 29.6 Å². The zero-order chi connectivity index (χ0) is 10.7. The lowest BCUT2D eigenvalue weighted by Crippen LogP contribution is -2.34. The number of carbonyl (C=O) groups excluding carboxylic acids is 1. The van der Waals surface area contributed by atoms with E-state index in [2.05, 4.69) is 20.9 Å². The molecule has 2 rings (SSSR count). The van der Waals surface area contributed by atoms with Crippen LogP contribution in [-0.4, -0.2) is 22.3 Å². The van der Waals surface area contributed by atoms with Crippen LogP contribution in [0.15, 0.2) is 22.9 Å². The van der Waals surface area contributed by atoms with E-state index >= 15 is 0 Å². The Labute approximate surface area is 97.6 Å². The topological polar surface area (TPSA) is 33.2 Å². The summed E-state index contributed by atoms with van der Waals surface area (Å²) in [6.07, 6.45) is 4.62. The Kier molecular flexibility index (Phi) is 3.36. The Morgan fingerprint density at radius 3 is 3.07 bits per heavy atom. The first kappa shape index (κ1) is 10.6. The van der Waals surface area contributed by atoms with Gasteiger partial charge in [-0.3, -0.25) is 4.79 Å². The van der Waals surface area contributed by atoms with Crippen LogP contribution in [0.3, 0.4) is 0 Å². The van der Waals surface area contributed by atoms with E-state index in [-0.39, 0.29) is 5.91 Å². The minimum Gasteiger partial charge on any atom is -0.338 e. The molecule has 0 aliphatic carbocycles. The molecular formula is C11H13BrN2O. The summed E-state index contributed by atoms with van der Waals surface area (Å²) in [6.45, 7) is 1.60. The van der Waals surface area contributed by atoms with Crippen molar-refractivity contribution in [1.29, 1.82) is 0 Å². The summed E-state index contributed by atoms with van der Waals surface area (Å²) in [6, 6.07) is 3.91. The van der Waals surface area contributed by atoms with Gasteiger partial charge in [-0.15, -0.1) is 0 Å². The molecule has 0 radical (unpaired) electrons. The van der Waals surface area contributed by atoms with Crippen LogP contribution in [-0.2, 0) is 11.3 Å². The van der Waals surface area contributed by atoms with Crippen LogP contribution in [0, 0.1) is 0 Å². The molecule has 80 valence electrons. The Hall–Kier alpha value is -0.900. The van der Waals surface area contributed by atoms with Crippen molar-refractivity contribution in [3.8, 4) is 0 Å². The third-order valence-electron chi connectivity index (χ3n) is 2.59. The average Bonchev–Trinajstić information content (AvgIpc) is 2.22. The number of likely N-dealkylation sites (tertiary alicyclic amines) is 1. The van der Waals surface area contributed by atoms with Gasteiger partial charge in [-0.25, -0.2) is 4.98 Å². The number of piperidine rings is 1. The first-order valence-electron chi connectivity index (χ1n) is 5.14. The van der Waals surface area contributed by atoms with Crippen molar-refractivity contribution in [3.05, 3.63) is 28.5 Å². The Balaban J connectivity index is 2.04. The van der Waals surface area contributed by atoms with E-state index in [1.54, 1.807) is 6.20 Å². The molecular weight excluding hydrogens is 256 g/mol. The van der Waals surface area contributed by atoms with Crippen LogP contribution in [0.25, 0.3) is 0 Å². The van der Waals surface area contributed by atoms with Crippen molar-refractivity contribution in [1.82, 2.24) is 9.88 Å². The third kappa shape index (κ3) is 2.78. The summed E-state index contributed by atoms with van der Waals surface area (Å²) in [4.78, 5) is 17.6. The summed E-state index contributed by atoms with van der Waals surface area (Å²) >= 11 is 3.33. The number of amides is 1. The van der Waals surface area contributed by atoms with Gasteiger partial charge in [-0.05, 0) is 46.5 Å². The maximum Gasteiger partial charge on any atom is 0.222 e. The molecule has 0 unspecified atom stereocenters. The second kappa shape index (κ2) is 4.75. The van der Waals surface area contributed by atoms with Crippen LogP contribution in [0.1, 0.15) is 24.8 Å². The number of hydrogen-bond acceptors (Lipinski definition) is 2. The van der Waals surface area contributed by atoms with Crippen molar-refractivity contribution in [3.63, 3.8) is 0 Å². The normalized spacial score (nSPS) is 16.9. The van der Waals surface area contributed by atoms with Gasteiger partial charge in [0, 0.05) is 25.7 Å². The molecule has 0 bridgehead atoms. The van der Waals surface area contributed by atoms with E-state index < -0.39 is 0 Å². The fourth-order valence-corrected chi connectivity index (χ4v) is 2.20. The Bertz CT molecular complexity index is 367. The highest BCUT2D eigenvalue weighted by molar-refractivity contribution is 9.10. The summed E-state index contributed by atoms with van der Waals surface area (Å²) < 4.78 is 0.824. The van der Waals surface area contributed by atoms with Gasteiger partial charge in [0.2, 0.25) is 5.91 Å². The standard InChI is InChI=1S/C11H13BrN2O/c12-10-7-9(4-5-13-10)8-14-6-2-1-3-11(14)15/h4-5,7H,1-3,6,8H2. The predicted molar refractivity (Wildman–Crippen MR) is 61.2 cm³/mol. The smallest absolute Gasteiger partial charge is 0.222 e. The molecule has 1 fully saturated rings. The summed E-state index contributed by atoms with van der Waals surface area (Å²) in [5, 5.41) is 0. The van der Waals surface area contributed by atoms with E-state index in [0.29, 0.717) is 13.0 Å². The highest BCUT2D eigenvalue weighted by atomic mass is 79.9. The summed E-state index contributed by atoms with van der Waals surface area (Å²) in [5.74, 6) is 0.272. The van der Waals surface area contributed by atoms with Gasteiger partial charge in [0.15, 0.2) is 0 Å². The lowest BCUT2D eigenvalue weighted by atomic mass is 10.1. The number of pyridine rings is 1. The molecule has 0 aromatic carbocycles. The van der Waals surface area contributed by atoms with Crippen molar-refractivity contribution >= 4 is 21.8 Å². The number of halogens is 1. The molecule has 1 saturated heterocycles. The molecule has 0 N–H and O–H groups in total. The van der Waals surface area contributed by atoms with Crippen molar-refractivity contribution in [2.75, 3.05) is 6.54 Å². The van der Waals surface area contributed by atoms with Gasteiger partial charge in [0.05, 0.1) is 0 Å². The number of hydrogen-bond donors (Lipinski definition) is 0. The molecule has 0 spiro atoms. The second-order valence-electron chi connectivity index (χ2n) is 3.76. The minimum atomic E-state index is 0.272. The van der Waals surface area contributed by atoms with Crippen LogP contribution >= 0.6 is 15.9 Å². The highest BCUT2D eigenvalue weighted by Crippen LogP contribution is 2.15. The lowest BCUT2D eigenvalue weighted by molar-refractivity contribution is -0.133. The summed E-state index contributed by atoms with van der Waals surface area (Å²) in [5.41, 5.74) is 1.13. The number of nitrogens with zero attached hydrogens (tertiary/aromatic N) is 2. The first-order chi connectivity index (χ1) is 7.25. The van der Waals surface area contributed by atoms with Crippen molar-refractivity contribution in [2.24, 2.45) is 0 Å².